The van der Waals surface area contributed by atoms with Gasteiger partial charge in [-0.15, -0.1) is 0 Å². The van der Waals surface area contributed by atoms with Crippen LogP contribution in [0, 0.1) is 0 Å². The Hall–Kier alpha value is -1.97. The molecule has 19 heavy (non-hydrogen) atoms. The molecule has 0 aliphatic heterocycles. The molecular weight excluding hydrogens is 244 g/mol. The van der Waals surface area contributed by atoms with Crippen LogP contribution in [-0.4, -0.2) is 13.2 Å². The zero-order valence-corrected chi connectivity index (χ0v) is 11.3. The second-order valence-electron chi connectivity index (χ2n) is 4.24. The van der Waals surface area contributed by atoms with Crippen LogP contribution in [0.3, 0.4) is 0 Å². The summed E-state index contributed by atoms with van der Waals surface area (Å²) in [6.07, 6.45) is 1.68. The molecule has 2 aromatic rings. The highest BCUT2D eigenvalue weighted by molar-refractivity contribution is 5.85. The Morgan fingerprint density at radius 1 is 1.00 bits per heavy atom. The number of hydrogen-bond donors (Lipinski definition) is 0. The first-order valence-corrected chi connectivity index (χ1v) is 6.59. The van der Waals surface area contributed by atoms with Gasteiger partial charge >= 0.3 is 5.63 Å². The molecule has 1 heterocycles. The third-order valence-corrected chi connectivity index (χ3v) is 2.63. The highest BCUT2D eigenvalue weighted by Gasteiger charge is 2.17. The van der Waals surface area contributed by atoms with Gasteiger partial charge in [0.25, 0.3) is 0 Å². The summed E-state index contributed by atoms with van der Waals surface area (Å²) in [4.78, 5) is 12.0. The van der Waals surface area contributed by atoms with Gasteiger partial charge < -0.3 is 13.9 Å². The molecule has 4 nitrogen and oxygen atoms in total. The molecule has 2 rings (SSSR count). The Labute approximate surface area is 111 Å². The minimum Gasteiger partial charge on any atom is -0.489 e. The molecule has 0 spiro atoms. The zero-order chi connectivity index (χ0) is 13.7. The summed E-state index contributed by atoms with van der Waals surface area (Å²) in [5.41, 5.74) is 0.0284. The van der Waals surface area contributed by atoms with Crippen molar-refractivity contribution in [2.45, 2.75) is 26.7 Å². The van der Waals surface area contributed by atoms with E-state index < -0.39 is 5.63 Å². The van der Waals surface area contributed by atoms with E-state index >= 15 is 0 Å². The maximum atomic E-state index is 12.0. The largest absolute Gasteiger partial charge is 0.489 e. The van der Waals surface area contributed by atoms with Gasteiger partial charge in [-0.2, -0.15) is 0 Å². The fourth-order valence-electron chi connectivity index (χ4n) is 1.78. The monoisotopic (exact) mass is 262 g/mol. The van der Waals surface area contributed by atoms with Crippen molar-refractivity contribution in [3.05, 3.63) is 34.7 Å². The van der Waals surface area contributed by atoms with E-state index in [4.69, 9.17) is 13.9 Å². The van der Waals surface area contributed by atoms with Crippen molar-refractivity contribution in [3.63, 3.8) is 0 Å². The molecule has 102 valence electrons. The van der Waals surface area contributed by atoms with E-state index in [1.165, 1.54) is 0 Å². The molecule has 0 saturated carbocycles. The molecule has 0 amide bonds. The smallest absolute Gasteiger partial charge is 0.383 e. The predicted molar refractivity (Wildman–Crippen MR) is 74.1 cm³/mol. The summed E-state index contributed by atoms with van der Waals surface area (Å²) in [5, 5.41) is 0.765. The quantitative estimate of drug-likeness (QED) is 0.749. The van der Waals surface area contributed by atoms with Crippen molar-refractivity contribution in [3.8, 4) is 11.5 Å². The normalized spacial score (nSPS) is 10.6. The summed E-state index contributed by atoms with van der Waals surface area (Å²) in [7, 11) is 0. The van der Waals surface area contributed by atoms with Gasteiger partial charge in [-0.3, -0.25) is 0 Å². The molecule has 1 aromatic carbocycles. The van der Waals surface area contributed by atoms with Gasteiger partial charge in [0.1, 0.15) is 5.58 Å². The fraction of sp³-hybridized carbons (Fsp3) is 0.400. The summed E-state index contributed by atoms with van der Waals surface area (Å²) >= 11 is 0. The van der Waals surface area contributed by atoms with Gasteiger partial charge in [0.15, 0.2) is 5.75 Å². The highest BCUT2D eigenvalue weighted by atomic mass is 16.5. The average Bonchev–Trinajstić information content (AvgIpc) is 2.43. The van der Waals surface area contributed by atoms with Gasteiger partial charge in [-0.25, -0.2) is 4.79 Å². The molecule has 0 radical (unpaired) electrons. The highest BCUT2D eigenvalue weighted by Crippen LogP contribution is 2.32. The average molecular weight is 262 g/mol. The number of hydrogen-bond acceptors (Lipinski definition) is 4. The second-order valence-corrected chi connectivity index (χ2v) is 4.24. The van der Waals surface area contributed by atoms with Crippen LogP contribution in [0.1, 0.15) is 26.7 Å². The van der Waals surface area contributed by atoms with Crippen molar-refractivity contribution in [1.82, 2.24) is 0 Å². The van der Waals surface area contributed by atoms with E-state index in [1.807, 2.05) is 32.0 Å². The number of para-hydroxylation sites is 1. The molecule has 0 atom stereocenters. The summed E-state index contributed by atoms with van der Waals surface area (Å²) in [6, 6.07) is 7.31. The maximum absolute atomic E-state index is 12.0. The van der Waals surface area contributed by atoms with Crippen LogP contribution in [0.15, 0.2) is 33.5 Å². The first kappa shape index (κ1) is 13.5. The lowest BCUT2D eigenvalue weighted by Crippen LogP contribution is -2.11. The first-order chi connectivity index (χ1) is 9.27. The molecular formula is C15H18O4. The van der Waals surface area contributed by atoms with Gasteiger partial charge in [0, 0.05) is 0 Å². The van der Waals surface area contributed by atoms with Gasteiger partial charge in [0.2, 0.25) is 5.75 Å². The van der Waals surface area contributed by atoms with Crippen molar-refractivity contribution in [2.75, 3.05) is 13.2 Å². The Balaban J connectivity index is 2.56. The summed E-state index contributed by atoms with van der Waals surface area (Å²) in [5.74, 6) is 0.663. The molecule has 0 aliphatic carbocycles. The van der Waals surface area contributed by atoms with Gasteiger partial charge in [0.05, 0.1) is 18.6 Å². The first-order valence-electron chi connectivity index (χ1n) is 6.59. The fourth-order valence-corrected chi connectivity index (χ4v) is 1.78. The maximum Gasteiger partial charge on any atom is 0.383 e. The predicted octanol–water partition coefficient (Wildman–Crippen LogP) is 3.37. The zero-order valence-electron chi connectivity index (χ0n) is 11.3. The topological polar surface area (TPSA) is 48.7 Å². The lowest BCUT2D eigenvalue weighted by Gasteiger charge is -2.12. The Kier molecular flexibility index (Phi) is 4.44. The van der Waals surface area contributed by atoms with E-state index in [-0.39, 0.29) is 5.75 Å². The van der Waals surface area contributed by atoms with Crippen molar-refractivity contribution >= 4 is 11.0 Å². The van der Waals surface area contributed by atoms with Crippen LogP contribution in [-0.2, 0) is 0 Å². The van der Waals surface area contributed by atoms with Crippen LogP contribution in [0.5, 0.6) is 11.5 Å². The number of fused-ring (bicyclic) bond motifs is 1. The molecule has 0 N–H and O–H groups in total. The van der Waals surface area contributed by atoms with E-state index in [1.54, 1.807) is 6.07 Å². The van der Waals surface area contributed by atoms with Gasteiger partial charge in [-0.1, -0.05) is 26.0 Å². The minimum absolute atomic E-state index is 0.175. The molecule has 0 bridgehead atoms. The van der Waals surface area contributed by atoms with Gasteiger partial charge in [-0.05, 0) is 25.0 Å². The van der Waals surface area contributed by atoms with Crippen molar-refractivity contribution in [2.24, 2.45) is 0 Å². The van der Waals surface area contributed by atoms with Crippen LogP contribution >= 0.6 is 0 Å². The molecule has 0 unspecified atom stereocenters. The van der Waals surface area contributed by atoms with E-state index in [9.17, 15) is 4.79 Å². The Bertz CT molecular complexity index is 601. The number of rotatable bonds is 6. The summed E-state index contributed by atoms with van der Waals surface area (Å²) in [6.45, 7) is 5.00. The van der Waals surface area contributed by atoms with Crippen molar-refractivity contribution < 1.29 is 13.9 Å². The molecule has 1 aromatic heterocycles. The molecule has 0 aliphatic rings. The molecule has 4 heteroatoms. The SMILES string of the molecule is CCCOc1c(OCCC)c2ccccc2oc1=O. The van der Waals surface area contributed by atoms with Crippen LogP contribution < -0.4 is 15.1 Å². The lowest BCUT2D eigenvalue weighted by atomic mass is 10.2. The standard InChI is InChI=1S/C15H18O4/c1-3-9-17-13-11-7-5-6-8-12(11)19-15(16)14(13)18-10-4-2/h5-8H,3-4,9-10H2,1-2H3. The number of ether oxygens (including phenoxy) is 2. The van der Waals surface area contributed by atoms with Crippen LogP contribution in [0.4, 0.5) is 0 Å². The van der Waals surface area contributed by atoms with E-state index in [2.05, 4.69) is 0 Å². The second kappa shape index (κ2) is 6.27. The number of benzene rings is 1. The lowest BCUT2D eigenvalue weighted by molar-refractivity contribution is 0.259. The van der Waals surface area contributed by atoms with E-state index in [0.29, 0.717) is 24.5 Å². The molecule has 0 fully saturated rings. The Morgan fingerprint density at radius 3 is 2.32 bits per heavy atom. The summed E-state index contributed by atoms with van der Waals surface area (Å²) < 4.78 is 16.4. The molecule has 0 saturated heterocycles. The third-order valence-electron chi connectivity index (χ3n) is 2.63. The minimum atomic E-state index is -0.488. The Morgan fingerprint density at radius 2 is 1.63 bits per heavy atom. The van der Waals surface area contributed by atoms with Crippen LogP contribution in [0.25, 0.3) is 11.0 Å². The van der Waals surface area contributed by atoms with Crippen LogP contribution in [0.2, 0.25) is 0 Å². The van der Waals surface area contributed by atoms with Crippen molar-refractivity contribution in [1.29, 1.82) is 0 Å². The van der Waals surface area contributed by atoms with E-state index in [0.717, 1.165) is 18.2 Å². The third kappa shape index (κ3) is 2.89.